The molecule has 2 N–H and O–H groups in total. The number of hydrogen-bond acceptors (Lipinski definition) is 11. The van der Waals surface area contributed by atoms with Crippen molar-refractivity contribution in [1.82, 2.24) is 30.6 Å². The van der Waals surface area contributed by atoms with Crippen molar-refractivity contribution < 1.29 is 28.7 Å². The number of para-hydroxylation sites is 2. The summed E-state index contributed by atoms with van der Waals surface area (Å²) in [7, 11) is 0. The second-order valence-electron chi connectivity index (χ2n) is 6.77. The van der Waals surface area contributed by atoms with Crippen LogP contribution in [0.25, 0.3) is 0 Å². The summed E-state index contributed by atoms with van der Waals surface area (Å²) in [5.41, 5.74) is 0.0475. The Kier molecular flexibility index (Phi) is 7.88. The summed E-state index contributed by atoms with van der Waals surface area (Å²) < 4.78 is 11.2. The summed E-state index contributed by atoms with van der Waals surface area (Å²) in [4.78, 5) is 48.4. The Hall–Kier alpha value is -4.60. The van der Waals surface area contributed by atoms with Gasteiger partial charge in [0.05, 0.1) is 15.7 Å². The second kappa shape index (κ2) is 11.0. The van der Waals surface area contributed by atoms with Crippen molar-refractivity contribution in [3.8, 4) is 5.75 Å². The lowest BCUT2D eigenvalue weighted by atomic mass is 10.3. The van der Waals surface area contributed by atoms with Gasteiger partial charge in [0.15, 0.2) is 23.2 Å². The number of carbonyl (C=O) groups excluding carboxylic acids is 2. The topological polar surface area (TPSA) is 210 Å². The maximum Gasteiger partial charge on any atom is 0.408 e. The quantitative estimate of drug-likeness (QED) is 0.212. The van der Waals surface area contributed by atoms with E-state index in [1.165, 1.54) is 35.9 Å². The van der Waals surface area contributed by atoms with Gasteiger partial charge >= 0.3 is 23.3 Å². The number of halogens is 1. The summed E-state index contributed by atoms with van der Waals surface area (Å²) >= 11 is 5.88. The van der Waals surface area contributed by atoms with Crippen molar-refractivity contribution in [3.05, 3.63) is 66.9 Å². The molecule has 35 heavy (non-hydrogen) atoms. The highest BCUT2D eigenvalue weighted by Gasteiger charge is 2.25. The Labute approximate surface area is 200 Å². The molecule has 0 aliphatic rings. The van der Waals surface area contributed by atoms with Crippen molar-refractivity contribution in [2.45, 2.75) is 13.5 Å². The molecule has 2 heterocycles. The highest BCUT2D eigenvalue weighted by atomic mass is 35.5. The van der Waals surface area contributed by atoms with Gasteiger partial charge in [-0.3, -0.25) is 19.7 Å². The van der Waals surface area contributed by atoms with E-state index in [2.05, 4.69) is 25.9 Å². The average molecular weight is 509 g/mol. The molecule has 0 saturated heterocycles. The van der Waals surface area contributed by atoms with Crippen LogP contribution in [0.3, 0.4) is 0 Å². The van der Waals surface area contributed by atoms with Crippen molar-refractivity contribution >= 4 is 34.9 Å². The number of benzene rings is 1. The van der Waals surface area contributed by atoms with Crippen molar-refractivity contribution in [2.75, 3.05) is 19.7 Å². The van der Waals surface area contributed by atoms with Crippen LogP contribution in [0, 0.1) is 27.2 Å². The minimum atomic E-state index is -0.725. The van der Waals surface area contributed by atoms with Gasteiger partial charge in [-0.25, -0.2) is 0 Å². The fraction of sp³-hybridized carbons (Fsp3) is 0.278. The molecule has 3 aromatic rings. The highest BCUT2D eigenvalue weighted by molar-refractivity contribution is 6.33. The number of carbonyl (C=O) groups is 2. The van der Waals surface area contributed by atoms with Gasteiger partial charge in [0.2, 0.25) is 0 Å². The minimum Gasteiger partial charge on any atom is -0.477 e. The number of nitro groups is 2. The van der Waals surface area contributed by atoms with Gasteiger partial charge in [-0.1, -0.05) is 28.9 Å². The smallest absolute Gasteiger partial charge is 0.408 e. The van der Waals surface area contributed by atoms with Crippen molar-refractivity contribution in [1.29, 1.82) is 0 Å². The average Bonchev–Trinajstić information content (AvgIpc) is 3.41. The SMILES string of the molecule is Cc1c(Cl)c([N+](=O)[O-])nn1Cc1noc(C(=O)NCCNC(=O)COc2ccccc2[N+](=O)[O-])n1. The van der Waals surface area contributed by atoms with Gasteiger partial charge in [0, 0.05) is 19.2 Å². The molecule has 1 aromatic carbocycles. The first-order valence-electron chi connectivity index (χ1n) is 9.78. The van der Waals surface area contributed by atoms with Gasteiger partial charge in [0.25, 0.3) is 5.91 Å². The van der Waals surface area contributed by atoms with Crippen LogP contribution in [0.5, 0.6) is 5.75 Å². The number of hydrogen-bond donors (Lipinski definition) is 2. The molecule has 0 atom stereocenters. The second-order valence-corrected chi connectivity index (χ2v) is 7.15. The molecule has 17 heteroatoms. The fourth-order valence-corrected chi connectivity index (χ4v) is 2.91. The lowest BCUT2D eigenvalue weighted by Gasteiger charge is -2.08. The van der Waals surface area contributed by atoms with Crippen LogP contribution >= 0.6 is 11.6 Å². The zero-order valence-corrected chi connectivity index (χ0v) is 18.7. The normalized spacial score (nSPS) is 10.6. The number of aromatic nitrogens is 4. The number of nitro benzene ring substituents is 1. The zero-order valence-electron chi connectivity index (χ0n) is 18.0. The molecular formula is C18H17ClN8O8. The number of rotatable bonds is 11. The maximum atomic E-state index is 12.1. The Morgan fingerprint density at radius 2 is 1.89 bits per heavy atom. The molecule has 0 bridgehead atoms. The lowest BCUT2D eigenvalue weighted by molar-refractivity contribution is -0.389. The molecule has 0 radical (unpaired) electrons. The van der Waals surface area contributed by atoms with E-state index in [1.54, 1.807) is 0 Å². The Morgan fingerprint density at radius 1 is 1.17 bits per heavy atom. The first kappa shape index (κ1) is 25.0. The van der Waals surface area contributed by atoms with E-state index in [0.717, 1.165) is 0 Å². The van der Waals surface area contributed by atoms with Gasteiger partial charge in [0.1, 0.15) is 6.54 Å². The van der Waals surface area contributed by atoms with E-state index in [4.69, 9.17) is 20.9 Å². The Bertz CT molecular complexity index is 1270. The van der Waals surface area contributed by atoms with Crippen LogP contribution in [-0.4, -0.2) is 61.3 Å². The van der Waals surface area contributed by atoms with Gasteiger partial charge < -0.3 is 30.0 Å². The first-order valence-corrected chi connectivity index (χ1v) is 10.2. The molecule has 3 rings (SSSR count). The monoisotopic (exact) mass is 508 g/mol. The molecule has 0 spiro atoms. The highest BCUT2D eigenvalue weighted by Crippen LogP contribution is 2.27. The van der Waals surface area contributed by atoms with Crippen LogP contribution in [0.1, 0.15) is 22.2 Å². The summed E-state index contributed by atoms with van der Waals surface area (Å²) in [5.74, 6) is -2.16. The minimum absolute atomic E-state index is 0.00778. The maximum absolute atomic E-state index is 12.1. The Balaban J connectivity index is 1.43. The first-order chi connectivity index (χ1) is 16.7. The third-order valence-electron chi connectivity index (χ3n) is 4.40. The van der Waals surface area contributed by atoms with E-state index >= 15 is 0 Å². The summed E-state index contributed by atoms with van der Waals surface area (Å²) in [6, 6.07) is 5.63. The number of nitrogens with one attached hydrogen (secondary N) is 2. The van der Waals surface area contributed by atoms with E-state index < -0.39 is 34.1 Å². The molecule has 0 unspecified atom stereocenters. The number of ether oxygens (including phenoxy) is 1. The fourth-order valence-electron chi connectivity index (χ4n) is 2.70. The van der Waals surface area contributed by atoms with Gasteiger partial charge in [-0.2, -0.15) is 9.67 Å². The van der Waals surface area contributed by atoms with Crippen molar-refractivity contribution in [2.24, 2.45) is 0 Å². The zero-order chi connectivity index (χ0) is 25.5. The van der Waals surface area contributed by atoms with E-state index in [1.807, 2.05) is 0 Å². The lowest BCUT2D eigenvalue weighted by Crippen LogP contribution is -2.36. The number of nitrogens with zero attached hydrogens (tertiary/aromatic N) is 6. The predicted octanol–water partition coefficient (Wildman–Crippen LogP) is 1.02. The molecular weight excluding hydrogens is 492 g/mol. The molecule has 16 nitrogen and oxygen atoms in total. The molecule has 184 valence electrons. The predicted molar refractivity (Wildman–Crippen MR) is 116 cm³/mol. The van der Waals surface area contributed by atoms with Gasteiger partial charge in [-0.15, -0.1) is 0 Å². The third kappa shape index (κ3) is 6.26. The standard InChI is InChI=1S/C18H17ClN8O8/c1-10-15(19)16(27(32)33)23-25(10)8-13-22-18(35-24-13)17(29)21-7-6-20-14(28)9-34-12-5-3-2-4-11(12)26(30)31/h2-5H,6-9H2,1H3,(H,20,28)(H,21,29). The molecule has 2 aromatic heterocycles. The van der Waals surface area contributed by atoms with Crippen LogP contribution in [0.4, 0.5) is 11.5 Å². The molecule has 0 saturated carbocycles. The van der Waals surface area contributed by atoms with E-state index in [-0.39, 0.29) is 47.8 Å². The van der Waals surface area contributed by atoms with Crippen LogP contribution in [0.15, 0.2) is 28.8 Å². The van der Waals surface area contributed by atoms with Crippen LogP contribution in [0.2, 0.25) is 5.02 Å². The van der Waals surface area contributed by atoms with Crippen molar-refractivity contribution in [3.63, 3.8) is 0 Å². The summed E-state index contributed by atoms with van der Waals surface area (Å²) in [6.45, 7) is 0.984. The largest absolute Gasteiger partial charge is 0.477 e. The molecule has 0 aliphatic carbocycles. The number of amides is 2. The van der Waals surface area contributed by atoms with E-state index in [0.29, 0.717) is 5.69 Å². The molecule has 2 amide bonds. The van der Waals surface area contributed by atoms with Crippen LogP contribution in [-0.2, 0) is 11.3 Å². The molecule has 0 fully saturated rings. The van der Waals surface area contributed by atoms with E-state index in [9.17, 15) is 29.8 Å². The molecule has 0 aliphatic heterocycles. The summed E-state index contributed by atoms with van der Waals surface area (Å²) in [6.07, 6.45) is 0. The van der Waals surface area contributed by atoms with Crippen LogP contribution < -0.4 is 15.4 Å². The Morgan fingerprint density at radius 3 is 2.57 bits per heavy atom. The summed E-state index contributed by atoms with van der Waals surface area (Å²) in [5, 5.41) is 34.1. The van der Waals surface area contributed by atoms with Gasteiger partial charge in [-0.05, 0) is 17.9 Å². The third-order valence-corrected chi connectivity index (χ3v) is 4.84.